The highest BCUT2D eigenvalue weighted by atomic mass is 31.2. The largest absolute Gasteiger partial charge is 0.488 e. The van der Waals surface area contributed by atoms with Gasteiger partial charge in [0.25, 0.3) is 0 Å². The Balaban J connectivity index is 2.33. The van der Waals surface area contributed by atoms with Gasteiger partial charge in [-0.2, -0.15) is 0 Å². The number of carbonyl (C=O) groups is 2. The van der Waals surface area contributed by atoms with E-state index in [1.807, 2.05) is 0 Å². The first-order valence-corrected chi connectivity index (χ1v) is 9.24. The van der Waals surface area contributed by atoms with E-state index in [2.05, 4.69) is 4.52 Å². The highest BCUT2D eigenvalue weighted by molar-refractivity contribution is 7.71. The minimum atomic E-state index is -4.64. The van der Waals surface area contributed by atoms with Crippen molar-refractivity contribution in [1.29, 1.82) is 0 Å². The summed E-state index contributed by atoms with van der Waals surface area (Å²) in [5.74, 6) is -1.14. The van der Waals surface area contributed by atoms with Crippen molar-refractivity contribution in [3.8, 4) is 11.5 Å². The van der Waals surface area contributed by atoms with E-state index in [0.717, 1.165) is 25.3 Å². The van der Waals surface area contributed by atoms with Crippen LogP contribution in [-0.2, 0) is 9.09 Å². The second-order valence-corrected chi connectivity index (χ2v) is 7.27. The van der Waals surface area contributed by atoms with Gasteiger partial charge in [0, 0.05) is 18.7 Å². The second kappa shape index (κ2) is 8.59. The van der Waals surface area contributed by atoms with Gasteiger partial charge in [0.15, 0.2) is 5.78 Å². The topological polar surface area (TPSA) is 165 Å². The molecule has 0 saturated heterocycles. The van der Waals surface area contributed by atoms with Gasteiger partial charge in [-0.05, 0) is 37.3 Å². The average molecular weight is 424 g/mol. The van der Waals surface area contributed by atoms with Gasteiger partial charge in [-0.25, -0.2) is 9.36 Å². The molecule has 0 N–H and O–H groups in total. The summed E-state index contributed by atoms with van der Waals surface area (Å²) in [4.78, 5) is 43.6. The van der Waals surface area contributed by atoms with Gasteiger partial charge < -0.3 is 9.26 Å². The van der Waals surface area contributed by atoms with Gasteiger partial charge >= 0.3 is 24.7 Å². The van der Waals surface area contributed by atoms with Crippen LogP contribution in [0.15, 0.2) is 42.5 Å². The molecule has 152 valence electrons. The minimum Gasteiger partial charge on any atom is -0.417 e. The van der Waals surface area contributed by atoms with Gasteiger partial charge in [0.05, 0.1) is 9.85 Å². The van der Waals surface area contributed by atoms with Crippen molar-refractivity contribution < 1.29 is 37.8 Å². The van der Waals surface area contributed by atoms with Gasteiger partial charge in [-0.15, -0.1) is 0 Å². The van der Waals surface area contributed by atoms with Crippen molar-refractivity contribution in [2.75, 3.05) is 7.11 Å². The van der Waals surface area contributed by atoms with Crippen molar-refractivity contribution >= 4 is 30.5 Å². The van der Waals surface area contributed by atoms with E-state index in [1.165, 1.54) is 31.2 Å². The number of hydrogen-bond donors (Lipinski definition) is 0. The predicted molar refractivity (Wildman–Crippen MR) is 97.5 cm³/mol. The highest BCUT2D eigenvalue weighted by Gasteiger charge is 2.41. The number of ketones is 1. The summed E-state index contributed by atoms with van der Waals surface area (Å²) in [5, 5.41) is 22.1. The Morgan fingerprint density at radius 3 is 2.10 bits per heavy atom. The molecule has 13 heteroatoms. The number of nitro groups is 2. The van der Waals surface area contributed by atoms with Crippen LogP contribution in [0.3, 0.4) is 0 Å². The Morgan fingerprint density at radius 2 is 1.62 bits per heavy atom. The summed E-state index contributed by atoms with van der Waals surface area (Å²) in [5.41, 5.74) is -3.31. The molecule has 1 atom stereocenters. The number of carbonyl (C=O) groups excluding carboxylic acids is 2. The third kappa shape index (κ3) is 4.81. The van der Waals surface area contributed by atoms with Gasteiger partial charge in [0.1, 0.15) is 5.75 Å². The van der Waals surface area contributed by atoms with E-state index in [9.17, 15) is 34.4 Å². The summed E-state index contributed by atoms with van der Waals surface area (Å²) >= 11 is 0. The van der Waals surface area contributed by atoms with Crippen molar-refractivity contribution in [2.24, 2.45) is 0 Å². The van der Waals surface area contributed by atoms with Crippen molar-refractivity contribution in [2.45, 2.75) is 6.92 Å². The summed E-state index contributed by atoms with van der Waals surface area (Å²) in [6.45, 7) is 1.33. The number of rotatable bonds is 8. The fourth-order valence-electron chi connectivity index (χ4n) is 2.11. The fourth-order valence-corrected chi connectivity index (χ4v) is 3.02. The zero-order valence-electron chi connectivity index (χ0n) is 15.0. The lowest BCUT2D eigenvalue weighted by Gasteiger charge is -2.15. The van der Waals surface area contributed by atoms with E-state index >= 15 is 0 Å². The molecule has 29 heavy (non-hydrogen) atoms. The molecule has 0 heterocycles. The third-order valence-electron chi connectivity index (χ3n) is 3.50. The Kier molecular flexibility index (Phi) is 6.42. The molecule has 0 aliphatic rings. The lowest BCUT2D eigenvalue weighted by molar-refractivity contribution is -0.422. The van der Waals surface area contributed by atoms with Crippen LogP contribution in [0.25, 0.3) is 0 Å². The molecule has 0 saturated carbocycles. The number of ether oxygens (including phenoxy) is 1. The molecule has 0 aromatic heterocycles. The quantitative estimate of drug-likeness (QED) is 0.260. The van der Waals surface area contributed by atoms with Gasteiger partial charge in [-0.1, -0.05) is 6.07 Å². The molecule has 0 aliphatic heterocycles. The molecule has 0 aliphatic carbocycles. The van der Waals surface area contributed by atoms with Crippen LogP contribution < -0.4 is 9.26 Å². The van der Waals surface area contributed by atoms with Gasteiger partial charge in [-0.3, -0.25) is 29.5 Å². The van der Waals surface area contributed by atoms with E-state index in [1.54, 1.807) is 0 Å². The molecular formula is C16H13N2O10P. The summed E-state index contributed by atoms with van der Waals surface area (Å²) in [6.07, 6.45) is 0. The molecule has 2 aromatic rings. The molecule has 0 spiro atoms. The zero-order chi connectivity index (χ0) is 21.8. The van der Waals surface area contributed by atoms with E-state index in [0.29, 0.717) is 5.56 Å². The van der Waals surface area contributed by atoms with Crippen LogP contribution in [0.1, 0.15) is 17.3 Å². The van der Waals surface area contributed by atoms with Crippen LogP contribution in [0.5, 0.6) is 11.5 Å². The third-order valence-corrected chi connectivity index (χ3v) is 4.98. The molecule has 0 fully saturated rings. The maximum atomic E-state index is 12.7. The first kappa shape index (κ1) is 21.7. The highest BCUT2D eigenvalue weighted by Crippen LogP contribution is 2.50. The van der Waals surface area contributed by atoms with Crippen molar-refractivity contribution in [3.63, 3.8) is 0 Å². The number of nitro benzene ring substituents is 2. The first-order chi connectivity index (χ1) is 13.6. The summed E-state index contributed by atoms with van der Waals surface area (Å²) in [6, 6.07) is 8.04. The minimum absolute atomic E-state index is 0.106. The van der Waals surface area contributed by atoms with Crippen LogP contribution in [0, 0.1) is 20.2 Å². The summed E-state index contributed by atoms with van der Waals surface area (Å²) in [7, 11) is -3.76. The van der Waals surface area contributed by atoms with Gasteiger partial charge in [0.2, 0.25) is 5.75 Å². The van der Waals surface area contributed by atoms with Crippen LogP contribution in [0.2, 0.25) is 0 Å². The zero-order valence-corrected chi connectivity index (χ0v) is 15.9. The Hall–Kier alpha value is -3.63. The van der Waals surface area contributed by atoms with E-state index in [4.69, 9.17) is 9.26 Å². The number of para-hydroxylation sites is 1. The normalized spacial score (nSPS) is 12.5. The first-order valence-electron chi connectivity index (χ1n) is 7.69. The molecule has 1 unspecified atom stereocenters. The maximum absolute atomic E-state index is 12.7. The van der Waals surface area contributed by atoms with E-state index < -0.39 is 40.3 Å². The molecule has 2 aromatic carbocycles. The molecule has 0 bridgehead atoms. The SMILES string of the molecule is COP(=O)(Oc1ccc(C(C)=O)cc1)C(=O)Oc1cccc([N+](=O)[O-])c1[N+](=O)[O-]. The fraction of sp³-hybridized carbons (Fsp3) is 0.125. The maximum Gasteiger partial charge on any atom is 0.488 e. The Bertz CT molecular complexity index is 1030. The number of hydrogen-bond acceptors (Lipinski definition) is 10. The molecule has 0 amide bonds. The van der Waals surface area contributed by atoms with E-state index in [-0.39, 0.29) is 11.5 Å². The standard InChI is InChI=1S/C16H13N2O10P/c1-10(19)11-6-8-12(9-7-11)28-29(25,26-2)16(20)27-14-5-3-4-13(17(21)22)15(14)18(23)24/h3-9H,1-2H3. The second-order valence-electron chi connectivity index (χ2n) is 5.36. The average Bonchev–Trinajstić information content (AvgIpc) is 2.67. The Morgan fingerprint density at radius 1 is 1.00 bits per heavy atom. The number of nitrogens with zero attached hydrogens (tertiary/aromatic N) is 2. The van der Waals surface area contributed by atoms with Crippen molar-refractivity contribution in [1.82, 2.24) is 0 Å². The van der Waals surface area contributed by atoms with Crippen LogP contribution in [0.4, 0.5) is 16.2 Å². The lowest BCUT2D eigenvalue weighted by atomic mass is 10.1. The molecule has 12 nitrogen and oxygen atoms in total. The number of benzene rings is 2. The smallest absolute Gasteiger partial charge is 0.417 e. The monoisotopic (exact) mass is 424 g/mol. The predicted octanol–water partition coefficient (Wildman–Crippen LogP) is 4.12. The lowest BCUT2D eigenvalue weighted by Crippen LogP contribution is -2.13. The summed E-state index contributed by atoms with van der Waals surface area (Å²) < 4.78 is 27.1. The van der Waals surface area contributed by atoms with Crippen molar-refractivity contribution in [3.05, 3.63) is 68.3 Å². The molecule has 0 radical (unpaired) electrons. The van der Waals surface area contributed by atoms with Crippen LogP contribution >= 0.6 is 7.60 Å². The van der Waals surface area contributed by atoms with Crippen LogP contribution in [-0.4, -0.2) is 28.5 Å². The Labute approximate surface area is 162 Å². The number of Topliss-reactive ketones (excluding diaryl/α,β-unsaturated/α-hetero) is 1. The molecular weight excluding hydrogens is 411 g/mol. The molecule has 2 rings (SSSR count).